The molecule has 0 saturated carbocycles. The Balaban J connectivity index is 0.966. The fourth-order valence-corrected chi connectivity index (χ4v) is 9.22. The summed E-state index contributed by atoms with van der Waals surface area (Å²) in [6, 6.07) is 10.4. The second-order valence-electron chi connectivity index (χ2n) is 20.6. The standard InChI is InChI=1S/C57H75N9O15/c1-9-38-39-28-37(17-18-43(39)61-49-40(38)30-66-45(49)29-42-41(52(66)71)32-79-53(72)57(42,76)10-2)81-56(75)65(8)23-22-64(7)55(74)80-31-35-13-15-36(16-14-35)60-50(69)44(12-11-21-59-54(58)73)62-51(70)48(34(5)6)63-47(68)20-25-78-27-26-77-24-19-46(67)33(3)4/h13-18,28-29,33-34,44,48,76H,9-12,19-27,30-32H2,1-8H3,(H,60,69)(H,62,70)(H,63,68)(H3,58,59,73)/t44-,48-,57-/m0/s1. The summed E-state index contributed by atoms with van der Waals surface area (Å²) in [5.41, 5.74) is 7.67. The number of benzene rings is 2. The molecule has 7 N–H and O–H groups in total. The first kappa shape index (κ1) is 62.2. The molecule has 0 radical (unpaired) electrons. The maximum absolute atomic E-state index is 13.7. The highest BCUT2D eigenvalue weighted by molar-refractivity contribution is 5.98. The molecule has 4 heterocycles. The number of anilines is 1. The second kappa shape index (κ2) is 28.5. The lowest BCUT2D eigenvalue weighted by atomic mass is 9.86. The third-order valence-corrected chi connectivity index (χ3v) is 14.2. The zero-order valence-electron chi connectivity index (χ0n) is 47.3. The number of cyclic esters (lactones) is 1. The molecule has 4 aromatic rings. The summed E-state index contributed by atoms with van der Waals surface area (Å²) in [5, 5.41) is 22.7. The minimum Gasteiger partial charge on any atom is -0.458 e. The predicted molar refractivity (Wildman–Crippen MR) is 297 cm³/mol. The first-order valence-electron chi connectivity index (χ1n) is 27.2. The minimum atomic E-state index is -1.95. The Morgan fingerprint density at radius 1 is 0.852 bits per heavy atom. The molecule has 0 saturated heterocycles. The lowest BCUT2D eigenvalue weighted by Crippen LogP contribution is -2.54. The second-order valence-corrected chi connectivity index (χ2v) is 20.6. The topological polar surface area (TPSA) is 318 Å². The maximum Gasteiger partial charge on any atom is 0.415 e. The Morgan fingerprint density at radius 2 is 1.53 bits per heavy atom. The normalized spacial score (nSPS) is 14.9. The highest BCUT2D eigenvalue weighted by Crippen LogP contribution is 2.41. The van der Waals surface area contributed by atoms with Gasteiger partial charge in [0, 0.05) is 74.7 Å². The van der Waals surface area contributed by atoms with E-state index in [1.165, 1.54) is 23.9 Å². The molecular formula is C57H75N9O15. The van der Waals surface area contributed by atoms with Crippen LogP contribution in [0.3, 0.4) is 0 Å². The van der Waals surface area contributed by atoms with Gasteiger partial charge in [0.2, 0.25) is 17.7 Å². The number of hydrogen-bond acceptors (Lipinski definition) is 16. The van der Waals surface area contributed by atoms with E-state index in [1.807, 2.05) is 20.8 Å². The number of likely N-dealkylation sites (N-methyl/N-ethyl adjacent to an activating group) is 2. The molecule has 81 heavy (non-hydrogen) atoms. The molecule has 2 aromatic heterocycles. The molecule has 2 aliphatic heterocycles. The molecule has 0 unspecified atom stereocenters. The highest BCUT2D eigenvalue weighted by atomic mass is 16.6. The van der Waals surface area contributed by atoms with Gasteiger partial charge in [-0.2, -0.15) is 0 Å². The zero-order valence-corrected chi connectivity index (χ0v) is 47.3. The van der Waals surface area contributed by atoms with Crippen molar-refractivity contribution < 1.29 is 67.1 Å². The summed E-state index contributed by atoms with van der Waals surface area (Å²) >= 11 is 0. The van der Waals surface area contributed by atoms with Gasteiger partial charge in [0.1, 0.15) is 36.8 Å². The van der Waals surface area contributed by atoms with Crippen molar-refractivity contribution >= 4 is 64.3 Å². The molecule has 0 spiro atoms. The minimum absolute atomic E-state index is 0.0258. The zero-order chi connectivity index (χ0) is 59.1. The number of amides is 7. The number of aliphatic hydroxyl groups is 1. The molecule has 0 bridgehead atoms. The van der Waals surface area contributed by atoms with E-state index in [1.54, 1.807) is 73.9 Å². The molecule has 7 amide bonds. The van der Waals surface area contributed by atoms with Crippen LogP contribution in [0.4, 0.5) is 20.1 Å². The number of rotatable bonds is 28. The number of fused-ring (bicyclic) bond motifs is 5. The number of primary amides is 1. The number of aryl methyl sites for hydroxylation is 1. The maximum atomic E-state index is 13.7. The number of carbonyl (C=O) groups is 8. The van der Waals surface area contributed by atoms with Crippen molar-refractivity contribution in [3.8, 4) is 17.1 Å². The number of nitrogens with two attached hydrogens (primary N) is 1. The van der Waals surface area contributed by atoms with Gasteiger partial charge in [0.25, 0.3) is 5.56 Å². The van der Waals surface area contributed by atoms with Crippen LogP contribution in [0, 0.1) is 11.8 Å². The van der Waals surface area contributed by atoms with Crippen LogP contribution in [0.1, 0.15) is 101 Å². The number of pyridine rings is 2. The van der Waals surface area contributed by atoms with Crippen LogP contribution in [0.15, 0.2) is 53.3 Å². The van der Waals surface area contributed by atoms with E-state index in [0.29, 0.717) is 41.0 Å². The average molecular weight is 1130 g/mol. The Bertz CT molecular complexity index is 3040. The van der Waals surface area contributed by atoms with Crippen LogP contribution in [0.2, 0.25) is 0 Å². The van der Waals surface area contributed by atoms with Crippen molar-refractivity contribution in [1.82, 2.24) is 35.3 Å². The number of urea groups is 1. The van der Waals surface area contributed by atoms with Crippen molar-refractivity contribution in [2.45, 2.75) is 118 Å². The summed E-state index contributed by atoms with van der Waals surface area (Å²) in [4.78, 5) is 123. The molecule has 438 valence electrons. The molecule has 6 rings (SSSR count). The monoisotopic (exact) mass is 1130 g/mol. The lowest BCUT2D eigenvalue weighted by Gasteiger charge is -2.31. The number of Topliss-reactive ketones (excluding diaryl/α,β-unsaturated/α-hetero) is 1. The molecule has 24 heteroatoms. The van der Waals surface area contributed by atoms with Crippen LogP contribution in [0.5, 0.6) is 5.75 Å². The van der Waals surface area contributed by atoms with Gasteiger partial charge >= 0.3 is 24.2 Å². The lowest BCUT2D eigenvalue weighted by molar-refractivity contribution is -0.172. The number of nitrogens with one attached hydrogen (secondary N) is 4. The van der Waals surface area contributed by atoms with E-state index in [4.69, 9.17) is 34.4 Å². The summed E-state index contributed by atoms with van der Waals surface area (Å²) < 4.78 is 29.0. The number of carbonyl (C=O) groups excluding carboxylic acids is 8. The van der Waals surface area contributed by atoms with Crippen LogP contribution < -0.4 is 37.3 Å². The predicted octanol–water partition coefficient (Wildman–Crippen LogP) is 4.39. The number of hydrogen-bond donors (Lipinski definition) is 6. The fraction of sp³-hybridized carbons (Fsp3) is 0.509. The van der Waals surface area contributed by atoms with Gasteiger partial charge in [-0.3, -0.25) is 24.0 Å². The summed E-state index contributed by atoms with van der Waals surface area (Å²) in [6.07, 6.45) is -0.0758. The summed E-state index contributed by atoms with van der Waals surface area (Å²) in [5.74, 6) is -2.43. The molecule has 24 nitrogen and oxygen atoms in total. The van der Waals surface area contributed by atoms with Gasteiger partial charge in [-0.15, -0.1) is 0 Å². The molecule has 0 fully saturated rings. The number of ketones is 1. The first-order chi connectivity index (χ1) is 38.6. The fourth-order valence-electron chi connectivity index (χ4n) is 9.22. The van der Waals surface area contributed by atoms with Crippen LogP contribution in [-0.4, -0.2) is 144 Å². The van der Waals surface area contributed by atoms with Gasteiger partial charge in [-0.1, -0.05) is 53.7 Å². The van der Waals surface area contributed by atoms with Crippen molar-refractivity contribution in [2.75, 3.05) is 65.5 Å². The number of aromatic nitrogens is 2. The third kappa shape index (κ3) is 15.9. The SMILES string of the molecule is CCc1c2c(nc3ccc(OC(=O)N(C)CCN(C)C(=O)OCc4ccc(NC(=O)[C@H](CCCNC(N)=O)NC(=O)[C@@H](NC(=O)CCOCCOCCC(=O)C(C)C)C(C)C)cc4)cc13)-c1cc3c(c(=O)n1C2)COC(=O)[C@]3(O)CC. The smallest absolute Gasteiger partial charge is 0.415 e. The quantitative estimate of drug-likeness (QED) is 0.0299. The van der Waals surface area contributed by atoms with Crippen molar-refractivity contribution in [1.29, 1.82) is 0 Å². The molecular weight excluding hydrogens is 1050 g/mol. The summed E-state index contributed by atoms with van der Waals surface area (Å²) in [6.45, 7) is 11.8. The number of esters is 1. The van der Waals surface area contributed by atoms with E-state index in [2.05, 4.69) is 21.3 Å². The van der Waals surface area contributed by atoms with Gasteiger partial charge < -0.3 is 70.2 Å². The van der Waals surface area contributed by atoms with Gasteiger partial charge in [0.15, 0.2) is 5.60 Å². The number of nitrogens with zero attached hydrogens (tertiary/aromatic N) is 4. The van der Waals surface area contributed by atoms with Gasteiger partial charge in [0.05, 0.1) is 55.4 Å². The first-order valence-corrected chi connectivity index (χ1v) is 27.2. The van der Waals surface area contributed by atoms with Crippen molar-refractivity contribution in [3.05, 3.63) is 86.7 Å². The molecule has 0 aliphatic carbocycles. The van der Waals surface area contributed by atoms with Crippen LogP contribution in [0.25, 0.3) is 22.3 Å². The number of ether oxygens (including phenoxy) is 5. The Kier molecular flexibility index (Phi) is 21.9. The van der Waals surface area contributed by atoms with E-state index in [9.17, 15) is 48.3 Å². The largest absolute Gasteiger partial charge is 0.458 e. The van der Waals surface area contributed by atoms with E-state index >= 15 is 0 Å². The Hall–Kier alpha value is -7.96. The molecule has 2 aromatic carbocycles. The van der Waals surface area contributed by atoms with E-state index < -0.39 is 59.6 Å². The highest BCUT2D eigenvalue weighted by Gasteiger charge is 2.45. The van der Waals surface area contributed by atoms with E-state index in [0.717, 1.165) is 16.5 Å². The molecule has 2 aliphatic rings. The van der Waals surface area contributed by atoms with Gasteiger partial charge in [-0.25, -0.2) is 24.2 Å². The van der Waals surface area contributed by atoms with Crippen molar-refractivity contribution in [2.24, 2.45) is 17.6 Å². The van der Waals surface area contributed by atoms with E-state index in [-0.39, 0.29) is 132 Å². The Morgan fingerprint density at radius 3 is 2.17 bits per heavy atom. The Labute approximate surface area is 469 Å². The third-order valence-electron chi connectivity index (χ3n) is 14.2. The van der Waals surface area contributed by atoms with Crippen LogP contribution in [-0.2, 0) is 74.7 Å². The average Bonchev–Trinajstić information content (AvgIpc) is 3.81. The summed E-state index contributed by atoms with van der Waals surface area (Å²) in [7, 11) is 3.05. The van der Waals surface area contributed by atoms with Crippen molar-refractivity contribution in [3.63, 3.8) is 0 Å². The molecule has 3 atom stereocenters. The van der Waals surface area contributed by atoms with Gasteiger partial charge in [-0.05, 0) is 79.1 Å². The van der Waals surface area contributed by atoms with Crippen LogP contribution >= 0.6 is 0 Å².